The average Bonchev–Trinajstić information content (AvgIpc) is 3.20. The molecular formula is C23H23N3O5S. The normalized spacial score (nSPS) is 15.9. The summed E-state index contributed by atoms with van der Waals surface area (Å²) in [5, 5.41) is 22.5. The smallest absolute Gasteiger partial charge is 0.335 e. The van der Waals surface area contributed by atoms with Gasteiger partial charge >= 0.3 is 5.97 Å². The molecule has 9 heteroatoms. The molecule has 8 nitrogen and oxygen atoms in total. The van der Waals surface area contributed by atoms with Gasteiger partial charge in [0, 0.05) is 23.8 Å². The molecule has 0 aliphatic carbocycles. The van der Waals surface area contributed by atoms with Crippen molar-refractivity contribution in [3.63, 3.8) is 0 Å². The largest absolute Gasteiger partial charge is 0.506 e. The van der Waals surface area contributed by atoms with Crippen molar-refractivity contribution >= 4 is 29.3 Å². The van der Waals surface area contributed by atoms with Gasteiger partial charge in [-0.05, 0) is 31.2 Å². The van der Waals surface area contributed by atoms with Crippen LogP contribution in [0.15, 0.2) is 63.7 Å². The number of phenols is 1. The number of thioether (sulfide) groups is 1. The summed E-state index contributed by atoms with van der Waals surface area (Å²) in [5.41, 5.74) is 1.29. The number of amides is 1. The number of aromatic hydroxyl groups is 1. The van der Waals surface area contributed by atoms with Gasteiger partial charge in [0.15, 0.2) is 5.09 Å². The van der Waals surface area contributed by atoms with Crippen LogP contribution in [0, 0.1) is 11.3 Å². The van der Waals surface area contributed by atoms with Crippen LogP contribution in [0.25, 0.3) is 0 Å². The van der Waals surface area contributed by atoms with Crippen LogP contribution in [0.1, 0.15) is 25.0 Å². The molecule has 0 bridgehead atoms. The molecule has 1 aromatic heterocycles. The summed E-state index contributed by atoms with van der Waals surface area (Å²) in [6, 6.07) is 12.0. The van der Waals surface area contributed by atoms with Crippen molar-refractivity contribution in [2.45, 2.75) is 19.3 Å². The summed E-state index contributed by atoms with van der Waals surface area (Å²) < 4.78 is 12.6. The zero-order chi connectivity index (χ0) is 23.3. The molecule has 32 heavy (non-hydrogen) atoms. The van der Waals surface area contributed by atoms with Crippen LogP contribution in [0.3, 0.4) is 0 Å². The third-order valence-corrected chi connectivity index (χ3v) is 6.04. The molecule has 1 aliphatic heterocycles. The Balaban J connectivity index is 2.21. The van der Waals surface area contributed by atoms with Gasteiger partial charge in [0.1, 0.15) is 5.75 Å². The van der Waals surface area contributed by atoms with E-state index in [-0.39, 0.29) is 35.6 Å². The van der Waals surface area contributed by atoms with Crippen LogP contribution in [-0.4, -0.2) is 35.3 Å². The molecule has 1 atom stereocenters. The number of hydrogen-bond acceptors (Lipinski definition) is 7. The Morgan fingerprint density at radius 2 is 2.00 bits per heavy atom. The Kier molecular flexibility index (Phi) is 7.28. The fourth-order valence-electron chi connectivity index (χ4n) is 3.49. The number of para-hydroxylation sites is 2. The lowest BCUT2D eigenvalue weighted by Gasteiger charge is -2.30. The Hall–Kier alpha value is -3.64. The number of rotatable bonds is 7. The van der Waals surface area contributed by atoms with E-state index in [1.807, 2.05) is 0 Å². The maximum atomic E-state index is 13.5. The minimum Gasteiger partial charge on any atom is -0.506 e. The van der Waals surface area contributed by atoms with Crippen molar-refractivity contribution < 1.29 is 24.2 Å². The summed E-state index contributed by atoms with van der Waals surface area (Å²) in [5.74, 6) is -2.09. The first-order valence-electron chi connectivity index (χ1n) is 9.86. The summed E-state index contributed by atoms with van der Waals surface area (Å²) in [6.07, 6.45) is 1.76. The molecule has 2 aromatic rings. The molecule has 0 spiro atoms. The molecule has 3 rings (SSSR count). The molecule has 0 unspecified atom stereocenters. The topological polar surface area (TPSA) is 114 Å². The third-order valence-electron chi connectivity index (χ3n) is 4.91. The lowest BCUT2D eigenvalue weighted by atomic mass is 9.86. The minimum absolute atomic E-state index is 0.0407. The van der Waals surface area contributed by atoms with Gasteiger partial charge < -0.3 is 24.5 Å². The number of allylic oxidation sites excluding steroid dienone is 1. The third kappa shape index (κ3) is 4.50. The van der Waals surface area contributed by atoms with E-state index in [0.717, 1.165) is 11.8 Å². The number of aryl methyl sites for hydroxylation is 1. The monoisotopic (exact) mass is 453 g/mol. The van der Waals surface area contributed by atoms with Gasteiger partial charge in [0.25, 0.3) is 5.91 Å². The van der Waals surface area contributed by atoms with Crippen LogP contribution < -0.4 is 5.32 Å². The first-order chi connectivity index (χ1) is 15.4. The Morgan fingerprint density at radius 3 is 2.59 bits per heavy atom. The van der Waals surface area contributed by atoms with Gasteiger partial charge in [0.2, 0.25) is 0 Å². The van der Waals surface area contributed by atoms with Crippen molar-refractivity contribution in [1.29, 1.82) is 5.26 Å². The lowest BCUT2D eigenvalue weighted by molar-refractivity contribution is -0.136. The average molecular weight is 454 g/mol. The zero-order valence-electron chi connectivity index (χ0n) is 17.9. The SMILES string of the molecule is CCOC1=C(C(=O)Nc2ccccc2O)[C@H](c2cccn2C)C(C(=O)OC)=C(CC#N)S1. The predicted molar refractivity (Wildman–Crippen MR) is 120 cm³/mol. The highest BCUT2D eigenvalue weighted by molar-refractivity contribution is 8.06. The fraction of sp³-hybridized carbons (Fsp3) is 0.261. The Labute approximate surface area is 190 Å². The van der Waals surface area contributed by atoms with E-state index in [2.05, 4.69) is 11.4 Å². The fourth-order valence-corrected chi connectivity index (χ4v) is 4.66. The molecule has 1 amide bonds. The maximum Gasteiger partial charge on any atom is 0.335 e. The summed E-state index contributed by atoms with van der Waals surface area (Å²) >= 11 is 1.07. The van der Waals surface area contributed by atoms with E-state index in [0.29, 0.717) is 15.7 Å². The number of ether oxygens (including phenoxy) is 2. The molecule has 0 radical (unpaired) electrons. The highest BCUT2D eigenvalue weighted by Gasteiger charge is 2.41. The highest BCUT2D eigenvalue weighted by atomic mass is 32.2. The van der Waals surface area contributed by atoms with Crippen molar-refractivity contribution in [3.05, 3.63) is 69.4 Å². The minimum atomic E-state index is -0.834. The van der Waals surface area contributed by atoms with Crippen molar-refractivity contribution in [1.82, 2.24) is 4.57 Å². The second-order valence-electron chi connectivity index (χ2n) is 6.85. The lowest BCUT2D eigenvalue weighted by Crippen LogP contribution is -2.29. The highest BCUT2D eigenvalue weighted by Crippen LogP contribution is 2.49. The van der Waals surface area contributed by atoms with E-state index in [1.165, 1.54) is 13.2 Å². The standard InChI is InChI=1S/C23H23N3O5S/c1-4-31-23-20(21(28)25-14-8-5-6-10-16(14)27)18(15-9-7-13-26(15)2)19(22(29)30-3)17(32-23)11-12-24/h5-10,13,18,27H,4,11H2,1-3H3,(H,25,28)/t18-/m1/s1. The molecule has 2 heterocycles. The van der Waals surface area contributed by atoms with Gasteiger partial charge in [-0.2, -0.15) is 5.26 Å². The number of benzene rings is 1. The van der Waals surface area contributed by atoms with Crippen LogP contribution in [0.5, 0.6) is 5.75 Å². The summed E-state index contributed by atoms with van der Waals surface area (Å²) in [4.78, 5) is 26.9. The number of nitrogens with zero attached hydrogens (tertiary/aromatic N) is 2. The van der Waals surface area contributed by atoms with E-state index < -0.39 is 17.8 Å². The molecule has 0 fully saturated rings. The Bertz CT molecular complexity index is 1140. The van der Waals surface area contributed by atoms with Crippen LogP contribution in [0.2, 0.25) is 0 Å². The number of phenolic OH excluding ortho intramolecular Hbond substituents is 1. The zero-order valence-corrected chi connectivity index (χ0v) is 18.7. The number of aromatic nitrogens is 1. The van der Waals surface area contributed by atoms with E-state index in [9.17, 15) is 20.0 Å². The molecule has 1 aliphatic rings. The molecule has 0 saturated carbocycles. The molecule has 2 N–H and O–H groups in total. The van der Waals surface area contributed by atoms with Gasteiger partial charge in [-0.25, -0.2) is 4.79 Å². The number of hydrogen-bond donors (Lipinski definition) is 2. The van der Waals surface area contributed by atoms with Crippen LogP contribution in [0.4, 0.5) is 5.69 Å². The summed E-state index contributed by atoms with van der Waals surface area (Å²) in [6.45, 7) is 2.07. The van der Waals surface area contributed by atoms with Crippen LogP contribution >= 0.6 is 11.8 Å². The van der Waals surface area contributed by atoms with E-state index in [4.69, 9.17) is 9.47 Å². The second-order valence-corrected chi connectivity index (χ2v) is 7.92. The number of esters is 1. The van der Waals surface area contributed by atoms with Gasteiger partial charge in [0.05, 0.1) is 49.0 Å². The Morgan fingerprint density at radius 1 is 1.25 bits per heavy atom. The number of carbonyl (C=O) groups is 2. The number of nitriles is 1. The van der Waals surface area contributed by atoms with Gasteiger partial charge in [-0.15, -0.1) is 0 Å². The van der Waals surface area contributed by atoms with E-state index >= 15 is 0 Å². The quantitative estimate of drug-likeness (QED) is 0.484. The number of methoxy groups -OCH3 is 1. The van der Waals surface area contributed by atoms with Gasteiger partial charge in [-0.3, -0.25) is 4.79 Å². The number of carbonyl (C=O) groups excluding carboxylic acids is 2. The molecule has 1 aromatic carbocycles. The molecule has 166 valence electrons. The van der Waals surface area contributed by atoms with Crippen molar-refractivity contribution in [2.75, 3.05) is 19.0 Å². The first kappa shape index (κ1) is 23.0. The molecule has 0 saturated heterocycles. The van der Waals surface area contributed by atoms with Crippen molar-refractivity contribution in [2.24, 2.45) is 7.05 Å². The number of anilines is 1. The first-order valence-corrected chi connectivity index (χ1v) is 10.7. The maximum absolute atomic E-state index is 13.5. The summed E-state index contributed by atoms with van der Waals surface area (Å²) in [7, 11) is 3.06. The van der Waals surface area contributed by atoms with E-state index in [1.54, 1.807) is 55.1 Å². The van der Waals surface area contributed by atoms with Crippen LogP contribution in [-0.2, 0) is 26.1 Å². The number of nitrogens with one attached hydrogen (secondary N) is 1. The molecular weight excluding hydrogens is 430 g/mol. The predicted octanol–water partition coefficient (Wildman–Crippen LogP) is 3.79. The van der Waals surface area contributed by atoms with Crippen molar-refractivity contribution in [3.8, 4) is 11.8 Å². The second kappa shape index (κ2) is 10.1. The van der Waals surface area contributed by atoms with Gasteiger partial charge in [-0.1, -0.05) is 23.9 Å².